The van der Waals surface area contributed by atoms with Crippen LogP contribution in [0.3, 0.4) is 0 Å². The molecule has 2 atom stereocenters. The van der Waals surface area contributed by atoms with Crippen LogP contribution in [0.2, 0.25) is 0 Å². The van der Waals surface area contributed by atoms with Gasteiger partial charge >= 0.3 is 0 Å². The van der Waals surface area contributed by atoms with Crippen LogP contribution in [0.15, 0.2) is 41.3 Å². The zero-order valence-electron chi connectivity index (χ0n) is 16.0. The first-order valence-electron chi connectivity index (χ1n) is 9.15. The first kappa shape index (κ1) is 21.4. The largest absolute Gasteiger partial charge is 0.381 e. The smallest absolute Gasteiger partial charge is 0.255 e. The maximum atomic E-state index is 14.1. The van der Waals surface area contributed by atoms with Gasteiger partial charge in [0.15, 0.2) is 5.82 Å². The number of carbonyl (C=O) groups is 1. The zero-order chi connectivity index (χ0) is 21.2. The average Bonchev–Trinajstić information content (AvgIpc) is 2.70. The van der Waals surface area contributed by atoms with Gasteiger partial charge in [0, 0.05) is 23.8 Å². The SMILES string of the molecule is Cc1c(F)ccc(NC(=O)c2cccc(S(=O)(=O)NC3CCOCC3C)c2)c1F. The van der Waals surface area contributed by atoms with Gasteiger partial charge in [-0.1, -0.05) is 13.0 Å². The van der Waals surface area contributed by atoms with E-state index in [0.717, 1.165) is 12.1 Å². The number of ether oxygens (including phenoxy) is 1. The molecule has 0 spiro atoms. The van der Waals surface area contributed by atoms with Crippen LogP contribution in [0.5, 0.6) is 0 Å². The molecule has 1 saturated heterocycles. The molecule has 2 N–H and O–H groups in total. The normalized spacial score (nSPS) is 19.7. The van der Waals surface area contributed by atoms with Gasteiger partial charge < -0.3 is 10.1 Å². The lowest BCUT2D eigenvalue weighted by Crippen LogP contribution is -2.44. The van der Waals surface area contributed by atoms with Gasteiger partial charge in [0.25, 0.3) is 5.91 Å². The summed E-state index contributed by atoms with van der Waals surface area (Å²) in [4.78, 5) is 12.4. The van der Waals surface area contributed by atoms with Crippen LogP contribution in [-0.2, 0) is 14.8 Å². The Bertz CT molecular complexity index is 1030. The molecular formula is C20H22F2N2O4S. The van der Waals surface area contributed by atoms with Crippen molar-refractivity contribution in [3.63, 3.8) is 0 Å². The van der Waals surface area contributed by atoms with Crippen molar-refractivity contribution >= 4 is 21.6 Å². The summed E-state index contributed by atoms with van der Waals surface area (Å²) in [5, 5.41) is 2.35. The Kier molecular flexibility index (Phi) is 6.30. The van der Waals surface area contributed by atoms with E-state index in [1.165, 1.54) is 31.2 Å². The van der Waals surface area contributed by atoms with E-state index in [4.69, 9.17) is 4.74 Å². The highest BCUT2D eigenvalue weighted by Gasteiger charge is 2.27. The third-order valence-corrected chi connectivity index (χ3v) is 6.41. The summed E-state index contributed by atoms with van der Waals surface area (Å²) in [5.74, 6) is -2.28. The molecule has 0 bridgehead atoms. The topological polar surface area (TPSA) is 84.5 Å². The van der Waals surface area contributed by atoms with Crippen LogP contribution in [0.1, 0.15) is 29.3 Å². The summed E-state index contributed by atoms with van der Waals surface area (Å²) >= 11 is 0. The van der Waals surface area contributed by atoms with Gasteiger partial charge in [-0.2, -0.15) is 0 Å². The zero-order valence-corrected chi connectivity index (χ0v) is 16.9. The summed E-state index contributed by atoms with van der Waals surface area (Å²) in [5.41, 5.74) is -0.362. The fraction of sp³-hybridized carbons (Fsp3) is 0.350. The minimum absolute atomic E-state index is 0.0229. The van der Waals surface area contributed by atoms with E-state index in [1.807, 2.05) is 6.92 Å². The van der Waals surface area contributed by atoms with Gasteiger partial charge in [-0.3, -0.25) is 4.79 Å². The number of benzene rings is 2. The second kappa shape index (κ2) is 8.56. The van der Waals surface area contributed by atoms with Crippen LogP contribution < -0.4 is 10.0 Å². The van der Waals surface area contributed by atoms with Crippen molar-refractivity contribution < 1.29 is 26.7 Å². The molecule has 0 aliphatic carbocycles. The van der Waals surface area contributed by atoms with Crippen molar-refractivity contribution in [2.75, 3.05) is 18.5 Å². The minimum atomic E-state index is -3.85. The van der Waals surface area contributed by atoms with E-state index in [-0.39, 0.29) is 33.7 Å². The lowest BCUT2D eigenvalue weighted by molar-refractivity contribution is 0.0450. The first-order valence-corrected chi connectivity index (χ1v) is 10.6. The molecule has 156 valence electrons. The number of hydrogen-bond donors (Lipinski definition) is 2. The summed E-state index contributed by atoms with van der Waals surface area (Å²) in [6.07, 6.45) is 0.559. The number of rotatable bonds is 5. The monoisotopic (exact) mass is 424 g/mol. The van der Waals surface area contributed by atoms with E-state index in [2.05, 4.69) is 10.0 Å². The molecule has 3 rings (SSSR count). The number of halogens is 2. The molecule has 0 aromatic heterocycles. The molecular weight excluding hydrogens is 402 g/mol. The van der Waals surface area contributed by atoms with E-state index in [9.17, 15) is 22.0 Å². The summed E-state index contributed by atoms with van der Waals surface area (Å²) in [7, 11) is -3.85. The summed E-state index contributed by atoms with van der Waals surface area (Å²) in [6.45, 7) is 4.10. The third-order valence-electron chi connectivity index (χ3n) is 4.92. The molecule has 0 radical (unpaired) electrons. The molecule has 1 aliphatic rings. The third kappa shape index (κ3) is 4.80. The Hall–Kier alpha value is -2.36. The lowest BCUT2D eigenvalue weighted by atomic mass is 9.99. The Morgan fingerprint density at radius 2 is 1.97 bits per heavy atom. The second-order valence-electron chi connectivity index (χ2n) is 7.08. The molecule has 29 heavy (non-hydrogen) atoms. The molecule has 2 aromatic carbocycles. The van der Waals surface area contributed by atoms with Crippen LogP contribution in [0.25, 0.3) is 0 Å². The Balaban J connectivity index is 1.80. The predicted molar refractivity (Wildman–Crippen MR) is 104 cm³/mol. The molecule has 1 aliphatic heterocycles. The van der Waals surface area contributed by atoms with E-state index < -0.39 is 27.6 Å². The molecule has 9 heteroatoms. The summed E-state index contributed by atoms with van der Waals surface area (Å²) < 4.78 is 61.0. The van der Waals surface area contributed by atoms with Crippen molar-refractivity contribution in [2.45, 2.75) is 31.2 Å². The van der Waals surface area contributed by atoms with Crippen molar-refractivity contribution in [2.24, 2.45) is 5.92 Å². The fourth-order valence-electron chi connectivity index (χ4n) is 3.08. The van der Waals surface area contributed by atoms with Gasteiger partial charge in [0.05, 0.1) is 17.2 Å². The maximum Gasteiger partial charge on any atom is 0.255 e. The highest BCUT2D eigenvalue weighted by Crippen LogP contribution is 2.22. The van der Waals surface area contributed by atoms with Crippen molar-refractivity contribution in [3.8, 4) is 0 Å². The van der Waals surface area contributed by atoms with E-state index in [0.29, 0.717) is 19.6 Å². The van der Waals surface area contributed by atoms with Crippen LogP contribution in [0, 0.1) is 24.5 Å². The summed E-state index contributed by atoms with van der Waals surface area (Å²) in [6, 6.07) is 7.35. The Morgan fingerprint density at radius 3 is 2.69 bits per heavy atom. The molecule has 0 saturated carbocycles. The van der Waals surface area contributed by atoms with Gasteiger partial charge in [-0.05, 0) is 49.6 Å². The van der Waals surface area contributed by atoms with Crippen molar-refractivity contribution in [3.05, 3.63) is 59.2 Å². The highest BCUT2D eigenvalue weighted by atomic mass is 32.2. The van der Waals surface area contributed by atoms with Crippen molar-refractivity contribution in [1.29, 1.82) is 0 Å². The standard InChI is InChI=1S/C20H22F2N2O4S/c1-12-11-28-9-8-17(12)24-29(26,27)15-5-3-4-14(10-15)20(25)23-18-7-6-16(21)13(2)19(18)22/h3-7,10,12,17,24H,8-9,11H2,1-2H3,(H,23,25). The molecule has 2 unspecified atom stereocenters. The van der Waals surface area contributed by atoms with Crippen LogP contribution in [0.4, 0.5) is 14.5 Å². The van der Waals surface area contributed by atoms with Gasteiger partial charge in [-0.15, -0.1) is 0 Å². The minimum Gasteiger partial charge on any atom is -0.381 e. The lowest BCUT2D eigenvalue weighted by Gasteiger charge is -2.29. The predicted octanol–water partition coefficient (Wildman–Crippen LogP) is 3.23. The number of carbonyl (C=O) groups excluding carboxylic acids is 1. The number of sulfonamides is 1. The molecule has 1 heterocycles. The molecule has 1 amide bonds. The molecule has 1 fully saturated rings. The first-order chi connectivity index (χ1) is 13.7. The fourth-order valence-corrected chi connectivity index (χ4v) is 4.50. The van der Waals surface area contributed by atoms with Crippen LogP contribution in [-0.4, -0.2) is 33.6 Å². The Labute approximate surface area is 168 Å². The Morgan fingerprint density at radius 1 is 1.21 bits per heavy atom. The number of hydrogen-bond acceptors (Lipinski definition) is 4. The van der Waals surface area contributed by atoms with Gasteiger partial charge in [0.1, 0.15) is 5.82 Å². The van der Waals surface area contributed by atoms with Crippen molar-refractivity contribution in [1.82, 2.24) is 4.72 Å². The van der Waals surface area contributed by atoms with E-state index >= 15 is 0 Å². The van der Waals surface area contributed by atoms with Gasteiger partial charge in [-0.25, -0.2) is 21.9 Å². The highest BCUT2D eigenvalue weighted by molar-refractivity contribution is 7.89. The van der Waals surface area contributed by atoms with E-state index in [1.54, 1.807) is 0 Å². The van der Waals surface area contributed by atoms with Crippen LogP contribution >= 0.6 is 0 Å². The number of anilines is 1. The molecule has 6 nitrogen and oxygen atoms in total. The second-order valence-corrected chi connectivity index (χ2v) is 8.80. The number of amides is 1. The maximum absolute atomic E-state index is 14.1. The quantitative estimate of drug-likeness (QED) is 0.772. The van der Waals surface area contributed by atoms with Gasteiger partial charge in [0.2, 0.25) is 10.0 Å². The average molecular weight is 424 g/mol. The number of nitrogens with one attached hydrogen (secondary N) is 2. The molecule has 2 aromatic rings.